The quantitative estimate of drug-likeness (QED) is 0.461. The van der Waals surface area contributed by atoms with Crippen molar-refractivity contribution in [3.63, 3.8) is 0 Å². The molecule has 1 unspecified atom stereocenters. The Morgan fingerprint density at radius 1 is 1.40 bits per heavy atom. The van der Waals surface area contributed by atoms with Crippen molar-refractivity contribution in [1.82, 2.24) is 0 Å². The minimum Gasteiger partial charge on any atom is -0.387 e. The van der Waals surface area contributed by atoms with Crippen LogP contribution in [0.3, 0.4) is 0 Å². The lowest BCUT2D eigenvalue weighted by Gasteiger charge is -2.34. The van der Waals surface area contributed by atoms with E-state index >= 15 is 0 Å². The average Bonchev–Trinajstić information content (AvgIpc) is 1.82. The van der Waals surface area contributed by atoms with Gasteiger partial charge in [0.05, 0.1) is 13.1 Å². The number of aliphatic hydroxyl groups is 1. The first-order chi connectivity index (χ1) is 4.61. The number of hydrogen-bond acceptors (Lipinski definition) is 1. The lowest BCUT2D eigenvalue weighted by Crippen LogP contribution is -3.15. The molecule has 1 fully saturated rings. The van der Waals surface area contributed by atoms with Gasteiger partial charge in [0.15, 0.2) is 0 Å². The first-order valence-corrected chi connectivity index (χ1v) is 4.11. The van der Waals surface area contributed by atoms with Crippen molar-refractivity contribution in [3.8, 4) is 0 Å². The molecule has 0 aliphatic carbocycles. The smallest absolute Gasteiger partial charge is 0.103 e. The van der Waals surface area contributed by atoms with Crippen LogP contribution in [0.5, 0.6) is 0 Å². The molecule has 10 heavy (non-hydrogen) atoms. The fourth-order valence-corrected chi connectivity index (χ4v) is 1.76. The van der Waals surface area contributed by atoms with Crippen LogP contribution in [0.1, 0.15) is 20.3 Å². The van der Waals surface area contributed by atoms with Gasteiger partial charge in [0.2, 0.25) is 0 Å². The van der Waals surface area contributed by atoms with E-state index in [4.69, 9.17) is 0 Å². The molecule has 60 valence electrons. The molecule has 0 bridgehead atoms. The molecule has 4 atom stereocenters. The van der Waals surface area contributed by atoms with Gasteiger partial charge < -0.3 is 10.0 Å². The molecule has 0 radical (unpaired) electrons. The summed E-state index contributed by atoms with van der Waals surface area (Å²) in [4.78, 5) is 1.46. The summed E-state index contributed by atoms with van der Waals surface area (Å²) in [7, 11) is 2.16. The molecular weight excluding hydrogens is 126 g/mol. The Kier molecular flexibility index (Phi) is 2.32. The molecule has 2 nitrogen and oxygen atoms in total. The summed E-state index contributed by atoms with van der Waals surface area (Å²) in [5.41, 5.74) is 0. The Labute approximate surface area is 62.8 Å². The molecule has 0 saturated carbocycles. The standard InChI is InChI=1S/C8H17NO/c1-6-4-8(10)5-9(3)7(6)2/h6-8,10H,4-5H2,1-3H3/p+1/t6-,7+,8+/m0/s1. The Bertz CT molecular complexity index is 104. The van der Waals surface area contributed by atoms with Crippen LogP contribution in [-0.4, -0.2) is 30.8 Å². The molecular formula is C8H18NO+. The summed E-state index contributed by atoms with van der Waals surface area (Å²) in [6.07, 6.45) is 0.921. The molecule has 1 aliphatic heterocycles. The van der Waals surface area contributed by atoms with Gasteiger partial charge in [-0.3, -0.25) is 0 Å². The van der Waals surface area contributed by atoms with Gasteiger partial charge in [0.1, 0.15) is 12.6 Å². The third-order valence-electron chi connectivity index (χ3n) is 2.83. The first-order valence-electron chi connectivity index (χ1n) is 4.11. The summed E-state index contributed by atoms with van der Waals surface area (Å²) >= 11 is 0. The van der Waals surface area contributed by atoms with Crippen LogP contribution < -0.4 is 4.90 Å². The maximum absolute atomic E-state index is 9.35. The van der Waals surface area contributed by atoms with Gasteiger partial charge in [0, 0.05) is 5.92 Å². The SMILES string of the molecule is C[C@@H]1[C@@H](C)C[C@@H](O)C[NH+]1C. The number of quaternary nitrogens is 1. The van der Waals surface area contributed by atoms with E-state index in [9.17, 15) is 5.11 Å². The topological polar surface area (TPSA) is 24.7 Å². The summed E-state index contributed by atoms with van der Waals surface area (Å²) in [6.45, 7) is 5.40. The predicted molar refractivity (Wildman–Crippen MR) is 41.0 cm³/mol. The van der Waals surface area contributed by atoms with Crippen molar-refractivity contribution in [2.24, 2.45) is 5.92 Å². The van der Waals surface area contributed by atoms with E-state index < -0.39 is 0 Å². The second kappa shape index (κ2) is 2.89. The molecule has 2 heteroatoms. The molecule has 0 amide bonds. The Morgan fingerprint density at radius 3 is 2.50 bits per heavy atom. The van der Waals surface area contributed by atoms with Crippen LogP contribution in [0.4, 0.5) is 0 Å². The van der Waals surface area contributed by atoms with Crippen LogP contribution in [0.25, 0.3) is 0 Å². The molecule has 1 heterocycles. The summed E-state index contributed by atoms with van der Waals surface area (Å²) < 4.78 is 0. The predicted octanol–water partition coefficient (Wildman–Crippen LogP) is -0.710. The highest BCUT2D eigenvalue weighted by Gasteiger charge is 2.30. The molecule has 0 spiro atoms. The molecule has 1 aliphatic rings. The van der Waals surface area contributed by atoms with Gasteiger partial charge in [-0.1, -0.05) is 6.92 Å². The van der Waals surface area contributed by atoms with E-state index in [1.165, 1.54) is 4.90 Å². The van der Waals surface area contributed by atoms with Gasteiger partial charge in [-0.15, -0.1) is 0 Å². The highest BCUT2D eigenvalue weighted by Crippen LogP contribution is 2.11. The van der Waals surface area contributed by atoms with Crippen LogP contribution in [0, 0.1) is 5.92 Å². The second-order valence-corrected chi connectivity index (χ2v) is 3.71. The molecule has 1 rings (SSSR count). The molecule has 2 N–H and O–H groups in total. The zero-order valence-corrected chi connectivity index (χ0v) is 7.09. The number of aliphatic hydroxyl groups excluding tert-OH is 1. The van der Waals surface area contributed by atoms with E-state index in [2.05, 4.69) is 20.9 Å². The minimum atomic E-state index is -0.0637. The number of rotatable bonds is 0. The van der Waals surface area contributed by atoms with Gasteiger partial charge >= 0.3 is 0 Å². The van der Waals surface area contributed by atoms with Crippen LogP contribution >= 0.6 is 0 Å². The van der Waals surface area contributed by atoms with E-state index in [0.29, 0.717) is 12.0 Å². The maximum atomic E-state index is 9.35. The van der Waals surface area contributed by atoms with Gasteiger partial charge in [0.25, 0.3) is 0 Å². The van der Waals surface area contributed by atoms with Crippen LogP contribution in [0.2, 0.25) is 0 Å². The fourth-order valence-electron chi connectivity index (χ4n) is 1.76. The second-order valence-electron chi connectivity index (χ2n) is 3.71. The highest BCUT2D eigenvalue weighted by molar-refractivity contribution is 4.69. The number of likely N-dealkylation sites (tertiary alicyclic amines) is 1. The Hall–Kier alpha value is -0.0800. The Balaban J connectivity index is 2.49. The fraction of sp³-hybridized carbons (Fsp3) is 1.00. The summed E-state index contributed by atoms with van der Waals surface area (Å²) in [6, 6.07) is 0.711. The van der Waals surface area contributed by atoms with Crippen molar-refractivity contribution in [1.29, 1.82) is 0 Å². The third kappa shape index (κ3) is 1.50. The molecule has 0 aromatic carbocycles. The zero-order valence-electron chi connectivity index (χ0n) is 7.09. The van der Waals surface area contributed by atoms with Crippen molar-refractivity contribution in [2.45, 2.75) is 32.4 Å². The third-order valence-corrected chi connectivity index (χ3v) is 2.83. The lowest BCUT2D eigenvalue weighted by atomic mass is 9.91. The van der Waals surface area contributed by atoms with Crippen molar-refractivity contribution >= 4 is 0 Å². The normalized spacial score (nSPS) is 49.2. The number of hydrogen-bond donors (Lipinski definition) is 2. The highest BCUT2D eigenvalue weighted by atomic mass is 16.3. The minimum absolute atomic E-state index is 0.0637. The van der Waals surface area contributed by atoms with E-state index in [-0.39, 0.29) is 6.10 Å². The van der Waals surface area contributed by atoms with Gasteiger partial charge in [-0.25, -0.2) is 0 Å². The average molecular weight is 144 g/mol. The number of likely N-dealkylation sites (N-methyl/N-ethyl adjacent to an activating group) is 1. The van der Waals surface area contributed by atoms with Gasteiger partial charge in [-0.2, -0.15) is 0 Å². The lowest BCUT2D eigenvalue weighted by molar-refractivity contribution is -0.917. The molecule has 0 aromatic rings. The van der Waals surface area contributed by atoms with Gasteiger partial charge in [-0.05, 0) is 13.3 Å². The van der Waals surface area contributed by atoms with E-state index in [1.807, 2.05) is 0 Å². The van der Waals surface area contributed by atoms with E-state index in [1.54, 1.807) is 0 Å². The van der Waals surface area contributed by atoms with E-state index in [0.717, 1.165) is 13.0 Å². The zero-order chi connectivity index (χ0) is 7.72. The molecule has 1 saturated heterocycles. The first kappa shape index (κ1) is 8.02. The summed E-state index contributed by atoms with van der Waals surface area (Å²) in [5.74, 6) is 0.670. The van der Waals surface area contributed by atoms with Crippen LogP contribution in [0.15, 0.2) is 0 Å². The number of nitrogens with one attached hydrogen (secondary N) is 1. The molecule has 0 aromatic heterocycles. The van der Waals surface area contributed by atoms with Crippen LogP contribution in [-0.2, 0) is 0 Å². The maximum Gasteiger partial charge on any atom is 0.103 e. The monoisotopic (exact) mass is 144 g/mol. The summed E-state index contributed by atoms with van der Waals surface area (Å²) in [5, 5.41) is 9.35. The van der Waals surface area contributed by atoms with Crippen molar-refractivity contribution in [2.75, 3.05) is 13.6 Å². The number of piperidine rings is 1. The largest absolute Gasteiger partial charge is 0.387 e. The Morgan fingerprint density at radius 2 is 2.00 bits per heavy atom. The van der Waals surface area contributed by atoms with Crippen molar-refractivity contribution in [3.05, 3.63) is 0 Å². The van der Waals surface area contributed by atoms with Crippen molar-refractivity contribution < 1.29 is 10.0 Å².